The Kier molecular flexibility index (Phi) is 6.64. The van der Waals surface area contributed by atoms with Gasteiger partial charge < -0.3 is 20.5 Å². The first-order chi connectivity index (χ1) is 13.5. The first kappa shape index (κ1) is 20.3. The molecule has 28 heavy (non-hydrogen) atoms. The van der Waals surface area contributed by atoms with Gasteiger partial charge in [0.1, 0.15) is 0 Å². The van der Waals surface area contributed by atoms with Crippen LogP contribution >= 0.6 is 0 Å². The van der Waals surface area contributed by atoms with Crippen molar-refractivity contribution in [3.8, 4) is 5.82 Å². The average Bonchev–Trinajstić information content (AvgIpc) is 3.29. The van der Waals surface area contributed by atoms with Gasteiger partial charge in [0.15, 0.2) is 11.8 Å². The molecule has 1 fully saturated rings. The van der Waals surface area contributed by atoms with Crippen LogP contribution in [-0.2, 0) is 11.3 Å². The lowest BCUT2D eigenvalue weighted by Crippen LogP contribution is -2.44. The molecule has 1 aliphatic heterocycles. The van der Waals surface area contributed by atoms with E-state index >= 15 is 0 Å². The highest BCUT2D eigenvalue weighted by molar-refractivity contribution is 5.79. The van der Waals surface area contributed by atoms with Gasteiger partial charge in [0.05, 0.1) is 12.3 Å². The van der Waals surface area contributed by atoms with E-state index in [0.29, 0.717) is 13.2 Å². The van der Waals surface area contributed by atoms with Crippen LogP contribution < -0.4 is 10.6 Å². The Morgan fingerprint density at radius 2 is 2.21 bits per heavy atom. The summed E-state index contributed by atoms with van der Waals surface area (Å²) in [6.07, 6.45) is 3.54. The molecule has 1 aliphatic rings. The number of pyridine rings is 1. The number of guanidine groups is 1. The zero-order valence-corrected chi connectivity index (χ0v) is 16.9. The van der Waals surface area contributed by atoms with Gasteiger partial charge in [-0.3, -0.25) is 4.99 Å². The third-order valence-corrected chi connectivity index (χ3v) is 5.18. The van der Waals surface area contributed by atoms with Gasteiger partial charge in [-0.2, -0.15) is 5.10 Å². The number of ether oxygens (including phenoxy) is 1. The van der Waals surface area contributed by atoms with Crippen LogP contribution in [0.2, 0.25) is 0 Å². The summed E-state index contributed by atoms with van der Waals surface area (Å²) in [4.78, 5) is 8.82. The number of aromatic nitrogens is 3. The van der Waals surface area contributed by atoms with Crippen LogP contribution in [0.4, 0.5) is 0 Å². The van der Waals surface area contributed by atoms with E-state index in [9.17, 15) is 5.11 Å². The van der Waals surface area contributed by atoms with Crippen molar-refractivity contribution >= 4 is 5.96 Å². The van der Waals surface area contributed by atoms with E-state index in [-0.39, 0.29) is 12.0 Å². The fourth-order valence-corrected chi connectivity index (χ4v) is 3.50. The summed E-state index contributed by atoms with van der Waals surface area (Å²) < 4.78 is 7.38. The number of aliphatic hydroxyl groups excluding tert-OH is 1. The number of rotatable bonds is 7. The molecule has 1 saturated heterocycles. The van der Waals surface area contributed by atoms with Gasteiger partial charge >= 0.3 is 0 Å². The smallest absolute Gasteiger partial charge is 0.191 e. The Morgan fingerprint density at radius 1 is 1.36 bits per heavy atom. The molecular weight excluding hydrogens is 356 g/mol. The molecule has 8 nitrogen and oxygen atoms in total. The standard InChI is InChI=1S/C20H30N6O2/c1-15-10-16(2)26(25-15)18-5-4-17(11-22-18)12-23-19(21-3)24-13-20(6-8-27)7-9-28-14-20/h4-5,10-11,27H,6-9,12-14H2,1-3H3,(H2,21,23,24). The van der Waals surface area contributed by atoms with Gasteiger partial charge in [-0.05, 0) is 44.4 Å². The van der Waals surface area contributed by atoms with Gasteiger partial charge in [0, 0.05) is 50.7 Å². The zero-order valence-electron chi connectivity index (χ0n) is 16.9. The van der Waals surface area contributed by atoms with Crippen molar-refractivity contribution in [1.29, 1.82) is 0 Å². The van der Waals surface area contributed by atoms with Crippen LogP contribution in [-0.4, -0.2) is 59.2 Å². The molecule has 152 valence electrons. The van der Waals surface area contributed by atoms with E-state index in [0.717, 1.165) is 54.7 Å². The van der Waals surface area contributed by atoms with Crippen LogP contribution in [0.15, 0.2) is 29.4 Å². The number of hydrogen-bond donors (Lipinski definition) is 3. The van der Waals surface area contributed by atoms with Gasteiger partial charge in [-0.1, -0.05) is 6.07 Å². The lowest BCUT2D eigenvalue weighted by Gasteiger charge is -2.27. The molecule has 0 amide bonds. The highest BCUT2D eigenvalue weighted by Gasteiger charge is 2.34. The number of hydrogen-bond acceptors (Lipinski definition) is 5. The normalized spacial score (nSPS) is 19.8. The Bertz CT molecular complexity index is 794. The molecule has 1 atom stereocenters. The molecule has 0 spiro atoms. The summed E-state index contributed by atoms with van der Waals surface area (Å²) in [6.45, 7) is 6.94. The predicted molar refractivity (Wildman–Crippen MR) is 109 cm³/mol. The highest BCUT2D eigenvalue weighted by atomic mass is 16.5. The molecule has 3 rings (SSSR count). The molecule has 8 heteroatoms. The Morgan fingerprint density at radius 3 is 2.79 bits per heavy atom. The monoisotopic (exact) mass is 386 g/mol. The van der Waals surface area contributed by atoms with E-state index in [1.54, 1.807) is 7.05 Å². The Labute approximate surface area is 166 Å². The summed E-state index contributed by atoms with van der Waals surface area (Å²) in [7, 11) is 1.75. The molecule has 2 aromatic heterocycles. The van der Waals surface area contributed by atoms with E-state index in [1.807, 2.05) is 42.9 Å². The second kappa shape index (κ2) is 9.16. The summed E-state index contributed by atoms with van der Waals surface area (Å²) in [5, 5.41) is 20.5. The van der Waals surface area contributed by atoms with Crippen molar-refractivity contribution in [1.82, 2.24) is 25.4 Å². The number of aliphatic hydroxyl groups is 1. The Balaban J connectivity index is 1.54. The number of nitrogens with zero attached hydrogens (tertiary/aromatic N) is 4. The van der Waals surface area contributed by atoms with Gasteiger partial charge in [-0.25, -0.2) is 9.67 Å². The van der Waals surface area contributed by atoms with Crippen LogP contribution in [0.25, 0.3) is 5.82 Å². The van der Waals surface area contributed by atoms with E-state index < -0.39 is 0 Å². The van der Waals surface area contributed by atoms with Gasteiger partial charge in [-0.15, -0.1) is 0 Å². The molecule has 0 saturated carbocycles. The number of aliphatic imine (C=N–C) groups is 1. The van der Waals surface area contributed by atoms with Crippen molar-refractivity contribution in [2.45, 2.75) is 33.2 Å². The second-order valence-electron chi connectivity index (χ2n) is 7.42. The minimum absolute atomic E-state index is 0.0185. The van der Waals surface area contributed by atoms with Crippen LogP contribution in [0.3, 0.4) is 0 Å². The maximum Gasteiger partial charge on any atom is 0.191 e. The summed E-state index contributed by atoms with van der Waals surface area (Å²) in [5.74, 6) is 1.54. The molecule has 0 aliphatic carbocycles. The SMILES string of the molecule is CN=C(NCc1ccc(-n2nc(C)cc2C)nc1)NCC1(CCO)CCOC1. The quantitative estimate of drug-likeness (QED) is 0.491. The average molecular weight is 387 g/mol. The molecule has 0 bridgehead atoms. The lowest BCUT2D eigenvalue weighted by atomic mass is 9.84. The maximum absolute atomic E-state index is 9.35. The molecule has 3 N–H and O–H groups in total. The van der Waals surface area contributed by atoms with Crippen molar-refractivity contribution in [3.05, 3.63) is 41.3 Å². The molecular formula is C20H30N6O2. The van der Waals surface area contributed by atoms with Crippen LogP contribution in [0, 0.1) is 19.3 Å². The minimum atomic E-state index is -0.0185. The van der Waals surface area contributed by atoms with Gasteiger partial charge in [0.25, 0.3) is 0 Å². The number of nitrogens with one attached hydrogen (secondary N) is 2. The molecule has 3 heterocycles. The third-order valence-electron chi connectivity index (χ3n) is 5.18. The lowest BCUT2D eigenvalue weighted by molar-refractivity contribution is 0.127. The van der Waals surface area contributed by atoms with Crippen molar-refractivity contribution in [2.24, 2.45) is 10.4 Å². The minimum Gasteiger partial charge on any atom is -0.396 e. The number of aryl methyl sites for hydroxylation is 2. The predicted octanol–water partition coefficient (Wildman–Crippen LogP) is 1.34. The van der Waals surface area contributed by atoms with Crippen molar-refractivity contribution in [2.75, 3.05) is 33.4 Å². The van der Waals surface area contributed by atoms with E-state index in [4.69, 9.17) is 4.74 Å². The van der Waals surface area contributed by atoms with Crippen molar-refractivity contribution in [3.63, 3.8) is 0 Å². The zero-order chi connectivity index (χ0) is 20.0. The summed E-state index contributed by atoms with van der Waals surface area (Å²) >= 11 is 0. The molecule has 2 aromatic rings. The fraction of sp³-hybridized carbons (Fsp3) is 0.550. The third kappa shape index (κ3) is 4.88. The van der Waals surface area contributed by atoms with E-state index in [2.05, 4.69) is 25.7 Å². The fourth-order valence-electron chi connectivity index (χ4n) is 3.50. The highest BCUT2D eigenvalue weighted by Crippen LogP contribution is 2.31. The molecule has 0 radical (unpaired) electrons. The van der Waals surface area contributed by atoms with Crippen LogP contribution in [0.5, 0.6) is 0 Å². The molecule has 1 unspecified atom stereocenters. The largest absolute Gasteiger partial charge is 0.396 e. The Hall–Kier alpha value is -2.45. The maximum atomic E-state index is 9.35. The first-order valence-electron chi connectivity index (χ1n) is 9.67. The van der Waals surface area contributed by atoms with Crippen molar-refractivity contribution < 1.29 is 9.84 Å². The first-order valence-corrected chi connectivity index (χ1v) is 9.67. The molecule has 0 aromatic carbocycles. The van der Waals surface area contributed by atoms with E-state index in [1.165, 1.54) is 0 Å². The topological polar surface area (TPSA) is 96.6 Å². The van der Waals surface area contributed by atoms with Crippen LogP contribution in [0.1, 0.15) is 29.8 Å². The second-order valence-corrected chi connectivity index (χ2v) is 7.42. The summed E-state index contributed by atoms with van der Waals surface area (Å²) in [6, 6.07) is 6.04. The summed E-state index contributed by atoms with van der Waals surface area (Å²) in [5.41, 5.74) is 3.08. The van der Waals surface area contributed by atoms with Gasteiger partial charge in [0.2, 0.25) is 0 Å².